The standard InChI is InChI=1S/C13H16N2/c1-9-5-6-11-12(15-9)7-10(8-14-11)13(2,3)4/h5-8H,1-4H3. The zero-order valence-corrected chi connectivity index (χ0v) is 9.70. The highest BCUT2D eigenvalue weighted by Gasteiger charge is 2.14. The van der Waals surface area contributed by atoms with Crippen LogP contribution in [0.5, 0.6) is 0 Å². The van der Waals surface area contributed by atoms with E-state index < -0.39 is 0 Å². The van der Waals surface area contributed by atoms with Gasteiger partial charge in [0.05, 0.1) is 11.0 Å². The maximum atomic E-state index is 4.49. The van der Waals surface area contributed by atoms with Crippen molar-refractivity contribution in [3.05, 3.63) is 35.7 Å². The van der Waals surface area contributed by atoms with Crippen molar-refractivity contribution in [2.45, 2.75) is 33.1 Å². The van der Waals surface area contributed by atoms with Crippen LogP contribution in [0.4, 0.5) is 0 Å². The van der Waals surface area contributed by atoms with Gasteiger partial charge >= 0.3 is 0 Å². The van der Waals surface area contributed by atoms with E-state index in [0.717, 1.165) is 16.7 Å². The van der Waals surface area contributed by atoms with Crippen LogP contribution in [0.2, 0.25) is 0 Å². The Kier molecular flexibility index (Phi) is 2.22. The van der Waals surface area contributed by atoms with Gasteiger partial charge in [0, 0.05) is 11.9 Å². The predicted octanol–water partition coefficient (Wildman–Crippen LogP) is 3.24. The first-order chi connectivity index (χ1) is 6.97. The molecule has 78 valence electrons. The molecule has 0 saturated heterocycles. The molecule has 0 aromatic carbocycles. The van der Waals surface area contributed by atoms with E-state index in [1.165, 1.54) is 5.56 Å². The van der Waals surface area contributed by atoms with Crippen LogP contribution in [0, 0.1) is 6.92 Å². The second kappa shape index (κ2) is 3.30. The lowest BCUT2D eigenvalue weighted by Gasteiger charge is -2.18. The Morgan fingerprint density at radius 1 is 1.07 bits per heavy atom. The molecule has 0 fully saturated rings. The van der Waals surface area contributed by atoms with Gasteiger partial charge in [-0.1, -0.05) is 20.8 Å². The first kappa shape index (κ1) is 10.1. The highest BCUT2D eigenvalue weighted by atomic mass is 14.8. The second-order valence-corrected chi connectivity index (χ2v) is 4.96. The van der Waals surface area contributed by atoms with E-state index in [-0.39, 0.29) is 5.41 Å². The Morgan fingerprint density at radius 3 is 2.47 bits per heavy atom. The average molecular weight is 200 g/mol. The lowest BCUT2D eigenvalue weighted by molar-refractivity contribution is 0.588. The lowest BCUT2D eigenvalue weighted by Crippen LogP contribution is -2.11. The molecular formula is C13H16N2. The lowest BCUT2D eigenvalue weighted by atomic mass is 9.88. The summed E-state index contributed by atoms with van der Waals surface area (Å²) in [5, 5.41) is 0. The summed E-state index contributed by atoms with van der Waals surface area (Å²) in [6.07, 6.45) is 1.94. The molecule has 2 heteroatoms. The molecule has 2 aromatic rings. The van der Waals surface area contributed by atoms with Crippen molar-refractivity contribution in [3.63, 3.8) is 0 Å². The smallest absolute Gasteiger partial charge is 0.0892 e. The fourth-order valence-corrected chi connectivity index (χ4v) is 1.52. The van der Waals surface area contributed by atoms with Crippen molar-refractivity contribution in [3.8, 4) is 0 Å². The van der Waals surface area contributed by atoms with E-state index in [4.69, 9.17) is 0 Å². The predicted molar refractivity (Wildman–Crippen MR) is 63.0 cm³/mol. The molecule has 0 radical (unpaired) electrons. The quantitative estimate of drug-likeness (QED) is 0.652. The summed E-state index contributed by atoms with van der Waals surface area (Å²) in [7, 11) is 0. The Balaban J connectivity index is 2.64. The zero-order valence-electron chi connectivity index (χ0n) is 9.70. The topological polar surface area (TPSA) is 25.8 Å². The van der Waals surface area contributed by atoms with E-state index in [1.807, 2.05) is 25.3 Å². The molecule has 0 unspecified atom stereocenters. The molecule has 0 aliphatic heterocycles. The van der Waals surface area contributed by atoms with Crippen molar-refractivity contribution in [1.29, 1.82) is 0 Å². The largest absolute Gasteiger partial charge is 0.254 e. The highest BCUT2D eigenvalue weighted by Crippen LogP contribution is 2.23. The summed E-state index contributed by atoms with van der Waals surface area (Å²) < 4.78 is 0. The molecule has 2 rings (SSSR count). The Hall–Kier alpha value is -1.44. The first-order valence-electron chi connectivity index (χ1n) is 5.21. The van der Waals surface area contributed by atoms with Gasteiger partial charge < -0.3 is 0 Å². The molecule has 0 saturated carbocycles. The van der Waals surface area contributed by atoms with E-state index in [1.54, 1.807) is 0 Å². The zero-order chi connectivity index (χ0) is 11.1. The normalized spacial score (nSPS) is 12.0. The summed E-state index contributed by atoms with van der Waals surface area (Å²) in [5.74, 6) is 0. The van der Waals surface area contributed by atoms with Crippen LogP contribution >= 0.6 is 0 Å². The second-order valence-electron chi connectivity index (χ2n) is 4.96. The molecular weight excluding hydrogens is 184 g/mol. The van der Waals surface area contributed by atoms with Gasteiger partial charge in [-0.25, -0.2) is 0 Å². The Labute approximate surface area is 90.4 Å². The molecule has 0 spiro atoms. The molecule has 2 nitrogen and oxygen atoms in total. The first-order valence-corrected chi connectivity index (χ1v) is 5.21. The number of nitrogens with zero attached hydrogens (tertiary/aromatic N) is 2. The molecule has 0 atom stereocenters. The van der Waals surface area contributed by atoms with Crippen LogP contribution in [-0.4, -0.2) is 9.97 Å². The molecule has 0 N–H and O–H groups in total. The van der Waals surface area contributed by atoms with Gasteiger partial charge in [-0.05, 0) is 36.1 Å². The number of hydrogen-bond donors (Lipinski definition) is 0. The van der Waals surface area contributed by atoms with Crippen molar-refractivity contribution >= 4 is 11.0 Å². The van der Waals surface area contributed by atoms with Gasteiger partial charge in [0.1, 0.15) is 0 Å². The molecule has 15 heavy (non-hydrogen) atoms. The van der Waals surface area contributed by atoms with Gasteiger partial charge in [-0.2, -0.15) is 0 Å². The van der Waals surface area contributed by atoms with E-state index in [0.29, 0.717) is 0 Å². The monoisotopic (exact) mass is 200 g/mol. The van der Waals surface area contributed by atoms with E-state index >= 15 is 0 Å². The van der Waals surface area contributed by atoms with Crippen LogP contribution in [0.1, 0.15) is 32.0 Å². The van der Waals surface area contributed by atoms with Gasteiger partial charge in [-0.3, -0.25) is 9.97 Å². The van der Waals surface area contributed by atoms with Crippen LogP contribution in [-0.2, 0) is 5.41 Å². The summed E-state index contributed by atoms with van der Waals surface area (Å²) in [6.45, 7) is 8.56. The van der Waals surface area contributed by atoms with Crippen LogP contribution in [0.3, 0.4) is 0 Å². The molecule has 0 bridgehead atoms. The fourth-order valence-electron chi connectivity index (χ4n) is 1.52. The third-order valence-electron chi connectivity index (χ3n) is 2.54. The molecule has 0 amide bonds. The summed E-state index contributed by atoms with van der Waals surface area (Å²) in [6, 6.07) is 6.14. The van der Waals surface area contributed by atoms with Crippen LogP contribution in [0.15, 0.2) is 24.4 Å². The fraction of sp³-hybridized carbons (Fsp3) is 0.385. The Bertz CT molecular complexity index is 495. The Morgan fingerprint density at radius 2 is 1.80 bits per heavy atom. The van der Waals surface area contributed by atoms with Crippen molar-refractivity contribution in [2.24, 2.45) is 0 Å². The summed E-state index contributed by atoms with van der Waals surface area (Å²) >= 11 is 0. The molecule has 0 aliphatic carbocycles. The van der Waals surface area contributed by atoms with Gasteiger partial charge in [0.15, 0.2) is 0 Å². The minimum atomic E-state index is 0.132. The van der Waals surface area contributed by atoms with Gasteiger partial charge in [0.2, 0.25) is 0 Å². The molecule has 2 aromatic heterocycles. The molecule has 2 heterocycles. The highest BCUT2D eigenvalue weighted by molar-refractivity contribution is 5.74. The third-order valence-corrected chi connectivity index (χ3v) is 2.54. The summed E-state index contributed by atoms with van der Waals surface area (Å²) in [4.78, 5) is 8.91. The number of fused-ring (bicyclic) bond motifs is 1. The maximum Gasteiger partial charge on any atom is 0.0892 e. The average Bonchev–Trinajstić information content (AvgIpc) is 2.15. The number of pyridine rings is 2. The van der Waals surface area contributed by atoms with Gasteiger partial charge in [0.25, 0.3) is 0 Å². The molecule has 0 aliphatic rings. The minimum absolute atomic E-state index is 0.132. The van der Waals surface area contributed by atoms with E-state index in [9.17, 15) is 0 Å². The van der Waals surface area contributed by atoms with E-state index in [2.05, 4.69) is 36.8 Å². The number of aromatic nitrogens is 2. The maximum absolute atomic E-state index is 4.49. The summed E-state index contributed by atoms with van der Waals surface area (Å²) in [5.41, 5.74) is 4.35. The SMILES string of the molecule is Cc1ccc2ncc(C(C)(C)C)cc2n1. The van der Waals surface area contributed by atoms with Crippen molar-refractivity contribution in [1.82, 2.24) is 9.97 Å². The number of aryl methyl sites for hydroxylation is 1. The third kappa shape index (κ3) is 1.99. The number of rotatable bonds is 0. The van der Waals surface area contributed by atoms with Crippen molar-refractivity contribution in [2.75, 3.05) is 0 Å². The van der Waals surface area contributed by atoms with Crippen LogP contribution < -0.4 is 0 Å². The van der Waals surface area contributed by atoms with Crippen LogP contribution in [0.25, 0.3) is 11.0 Å². The number of hydrogen-bond acceptors (Lipinski definition) is 2. The van der Waals surface area contributed by atoms with Gasteiger partial charge in [-0.15, -0.1) is 0 Å². The van der Waals surface area contributed by atoms with Crippen molar-refractivity contribution < 1.29 is 0 Å². The minimum Gasteiger partial charge on any atom is -0.254 e.